The van der Waals surface area contributed by atoms with E-state index < -0.39 is 0 Å². The molecule has 114 valence electrons. The highest BCUT2D eigenvalue weighted by Crippen LogP contribution is 2.47. The number of aryl methyl sites for hydroxylation is 3. The van der Waals surface area contributed by atoms with Crippen molar-refractivity contribution >= 4 is 11.7 Å². The van der Waals surface area contributed by atoms with Crippen molar-refractivity contribution in [1.29, 1.82) is 0 Å². The number of carbonyl (C=O) groups excluding carboxylic acids is 1. The lowest BCUT2D eigenvalue weighted by Gasteiger charge is -2.22. The predicted molar refractivity (Wildman–Crippen MR) is 86.6 cm³/mol. The van der Waals surface area contributed by atoms with Crippen molar-refractivity contribution in [3.05, 3.63) is 28.8 Å². The number of fused-ring (bicyclic) bond motifs is 2. The lowest BCUT2D eigenvalue weighted by atomic mass is 9.89. The maximum Gasteiger partial charge on any atom is 0.319 e. The Kier molecular flexibility index (Phi) is 3.92. The Morgan fingerprint density at radius 1 is 1.14 bits per heavy atom. The number of rotatable bonds is 3. The van der Waals surface area contributed by atoms with Crippen LogP contribution in [0.3, 0.4) is 0 Å². The molecule has 0 spiro atoms. The zero-order chi connectivity index (χ0) is 15.0. The van der Waals surface area contributed by atoms with Crippen LogP contribution in [-0.4, -0.2) is 12.6 Å². The second-order valence-electron chi connectivity index (χ2n) is 7.04. The largest absolute Gasteiger partial charge is 0.338 e. The number of hydrogen-bond donors (Lipinski definition) is 2. The summed E-state index contributed by atoms with van der Waals surface area (Å²) in [7, 11) is 0. The molecule has 1 aromatic carbocycles. The first kappa shape index (κ1) is 14.4. The summed E-state index contributed by atoms with van der Waals surface area (Å²) in [5.41, 5.74) is 4.44. The lowest BCUT2D eigenvalue weighted by Crippen LogP contribution is -2.35. The van der Waals surface area contributed by atoms with Crippen molar-refractivity contribution < 1.29 is 4.79 Å². The normalized spacial score (nSPS) is 26.9. The Labute approximate surface area is 127 Å². The van der Waals surface area contributed by atoms with Crippen LogP contribution in [0.5, 0.6) is 0 Å². The highest BCUT2D eigenvalue weighted by Gasteiger charge is 2.39. The van der Waals surface area contributed by atoms with Gasteiger partial charge in [-0.2, -0.15) is 0 Å². The molecule has 0 radical (unpaired) electrons. The van der Waals surface area contributed by atoms with E-state index in [4.69, 9.17) is 0 Å². The van der Waals surface area contributed by atoms with Crippen LogP contribution in [0.25, 0.3) is 0 Å². The molecule has 3 heteroatoms. The van der Waals surface area contributed by atoms with Gasteiger partial charge in [-0.05, 0) is 68.9 Å². The van der Waals surface area contributed by atoms with Gasteiger partial charge in [0.25, 0.3) is 0 Å². The van der Waals surface area contributed by atoms with Gasteiger partial charge in [0.1, 0.15) is 0 Å². The van der Waals surface area contributed by atoms with E-state index in [0.29, 0.717) is 5.92 Å². The van der Waals surface area contributed by atoms with Gasteiger partial charge in [0, 0.05) is 12.2 Å². The molecule has 21 heavy (non-hydrogen) atoms. The minimum atomic E-state index is -0.0622. The topological polar surface area (TPSA) is 41.1 Å². The van der Waals surface area contributed by atoms with Gasteiger partial charge < -0.3 is 10.6 Å². The van der Waals surface area contributed by atoms with Gasteiger partial charge in [-0.1, -0.05) is 24.1 Å². The molecule has 3 rings (SSSR count). The van der Waals surface area contributed by atoms with Crippen molar-refractivity contribution in [1.82, 2.24) is 5.32 Å². The van der Waals surface area contributed by atoms with Crippen LogP contribution in [0.4, 0.5) is 10.5 Å². The van der Waals surface area contributed by atoms with E-state index in [2.05, 4.69) is 29.7 Å². The molecule has 1 aromatic rings. The fourth-order valence-corrected chi connectivity index (χ4v) is 4.39. The van der Waals surface area contributed by atoms with Crippen molar-refractivity contribution in [3.8, 4) is 0 Å². The fourth-order valence-electron chi connectivity index (χ4n) is 4.39. The molecule has 3 unspecified atom stereocenters. The van der Waals surface area contributed by atoms with E-state index >= 15 is 0 Å². The highest BCUT2D eigenvalue weighted by molar-refractivity contribution is 5.91. The second-order valence-corrected chi connectivity index (χ2v) is 7.04. The van der Waals surface area contributed by atoms with Gasteiger partial charge >= 0.3 is 6.03 Å². The third-order valence-corrected chi connectivity index (χ3v) is 5.32. The van der Waals surface area contributed by atoms with Gasteiger partial charge in [0.05, 0.1) is 0 Å². The van der Waals surface area contributed by atoms with E-state index in [0.717, 1.165) is 35.2 Å². The van der Waals surface area contributed by atoms with Gasteiger partial charge in [-0.25, -0.2) is 4.79 Å². The maximum atomic E-state index is 12.1. The number of hydrogen-bond acceptors (Lipinski definition) is 1. The first-order valence-electron chi connectivity index (χ1n) is 8.15. The third kappa shape index (κ3) is 3.07. The van der Waals surface area contributed by atoms with Crippen LogP contribution in [0.1, 0.15) is 42.4 Å². The summed E-state index contributed by atoms with van der Waals surface area (Å²) in [5.74, 6) is 2.50. The van der Waals surface area contributed by atoms with Gasteiger partial charge in [0.15, 0.2) is 0 Å². The Balaban J connectivity index is 1.55. The molecule has 0 heterocycles. The molecule has 2 bridgehead atoms. The summed E-state index contributed by atoms with van der Waals surface area (Å²) in [5, 5.41) is 6.10. The second kappa shape index (κ2) is 5.70. The van der Waals surface area contributed by atoms with Crippen LogP contribution in [0.2, 0.25) is 0 Å². The number of benzene rings is 1. The molecule has 3 atom stereocenters. The summed E-state index contributed by atoms with van der Waals surface area (Å²) in [6.45, 7) is 7.01. The van der Waals surface area contributed by atoms with Gasteiger partial charge in [-0.3, -0.25) is 0 Å². The van der Waals surface area contributed by atoms with E-state index in [9.17, 15) is 4.79 Å². The van der Waals surface area contributed by atoms with E-state index in [1.54, 1.807) is 0 Å². The number of urea groups is 1. The molecular formula is C18H26N2O. The summed E-state index contributed by atoms with van der Waals surface area (Å²) in [4.78, 5) is 12.1. The molecular weight excluding hydrogens is 260 g/mol. The highest BCUT2D eigenvalue weighted by atomic mass is 16.2. The fraction of sp³-hybridized carbons (Fsp3) is 0.611. The number of amides is 2. The standard InChI is InChI=1S/C18H26N2O/c1-11-6-12(2)17(13(3)7-11)20-18(21)19-10-16-9-14-4-5-15(16)8-14/h6-7,14-16H,4-5,8-10H2,1-3H3,(H2,19,20,21). The van der Waals surface area contributed by atoms with Crippen molar-refractivity contribution in [3.63, 3.8) is 0 Å². The lowest BCUT2D eigenvalue weighted by molar-refractivity contribution is 0.245. The summed E-state index contributed by atoms with van der Waals surface area (Å²) < 4.78 is 0. The minimum Gasteiger partial charge on any atom is -0.338 e. The first-order chi connectivity index (χ1) is 10.0. The summed E-state index contributed by atoms with van der Waals surface area (Å²) in [6, 6.07) is 4.16. The molecule has 2 aliphatic rings. The number of anilines is 1. The molecule has 2 fully saturated rings. The smallest absolute Gasteiger partial charge is 0.319 e. The Bertz CT molecular complexity index is 529. The zero-order valence-electron chi connectivity index (χ0n) is 13.3. The quantitative estimate of drug-likeness (QED) is 0.860. The predicted octanol–water partition coefficient (Wildman–Crippen LogP) is 4.17. The van der Waals surface area contributed by atoms with Crippen LogP contribution in [0.15, 0.2) is 12.1 Å². The Morgan fingerprint density at radius 2 is 1.86 bits per heavy atom. The molecule has 0 saturated heterocycles. The van der Waals surface area contributed by atoms with E-state index in [-0.39, 0.29) is 6.03 Å². The molecule has 2 N–H and O–H groups in total. The molecule has 2 amide bonds. The molecule has 0 aromatic heterocycles. The SMILES string of the molecule is Cc1cc(C)c(NC(=O)NCC2CC3CCC2C3)c(C)c1. The van der Waals surface area contributed by atoms with E-state index in [1.165, 1.54) is 31.2 Å². The number of carbonyl (C=O) groups is 1. The molecule has 2 aliphatic carbocycles. The zero-order valence-corrected chi connectivity index (χ0v) is 13.3. The molecule has 3 nitrogen and oxygen atoms in total. The summed E-state index contributed by atoms with van der Waals surface area (Å²) >= 11 is 0. The Morgan fingerprint density at radius 3 is 2.43 bits per heavy atom. The minimum absolute atomic E-state index is 0.0622. The third-order valence-electron chi connectivity index (χ3n) is 5.32. The van der Waals surface area contributed by atoms with Crippen molar-refractivity contribution in [2.45, 2.75) is 46.5 Å². The van der Waals surface area contributed by atoms with Crippen molar-refractivity contribution in [2.75, 3.05) is 11.9 Å². The van der Waals surface area contributed by atoms with Crippen molar-refractivity contribution in [2.24, 2.45) is 17.8 Å². The maximum absolute atomic E-state index is 12.1. The number of nitrogens with one attached hydrogen (secondary N) is 2. The molecule has 2 saturated carbocycles. The van der Waals surface area contributed by atoms with Crippen LogP contribution in [0, 0.1) is 38.5 Å². The average Bonchev–Trinajstić information content (AvgIpc) is 3.03. The average molecular weight is 286 g/mol. The summed E-state index contributed by atoms with van der Waals surface area (Å²) in [6.07, 6.45) is 5.49. The first-order valence-corrected chi connectivity index (χ1v) is 8.15. The van der Waals surface area contributed by atoms with Gasteiger partial charge in [-0.15, -0.1) is 0 Å². The van der Waals surface area contributed by atoms with Crippen LogP contribution in [-0.2, 0) is 0 Å². The Hall–Kier alpha value is -1.51. The monoisotopic (exact) mass is 286 g/mol. The van der Waals surface area contributed by atoms with E-state index in [1.807, 2.05) is 13.8 Å². The molecule has 0 aliphatic heterocycles. The van der Waals surface area contributed by atoms with Gasteiger partial charge in [0.2, 0.25) is 0 Å². The van der Waals surface area contributed by atoms with Crippen LogP contribution < -0.4 is 10.6 Å². The van der Waals surface area contributed by atoms with Crippen LogP contribution >= 0.6 is 0 Å².